The van der Waals surface area contributed by atoms with Crippen LogP contribution in [-0.4, -0.2) is 30.6 Å². The first kappa shape index (κ1) is 11.3. The first-order chi connectivity index (χ1) is 6.44. The predicted molar refractivity (Wildman–Crippen MR) is 56.7 cm³/mol. The van der Waals surface area contributed by atoms with E-state index >= 15 is 0 Å². The van der Waals surface area contributed by atoms with Gasteiger partial charge in [-0.05, 0) is 30.7 Å². The molecule has 4 nitrogen and oxygen atoms in total. The minimum absolute atomic E-state index is 0.229. The zero-order valence-electron chi connectivity index (χ0n) is 9.12. The Balaban J connectivity index is 2.15. The zero-order valence-corrected chi connectivity index (χ0v) is 9.12. The molecule has 0 aliphatic carbocycles. The summed E-state index contributed by atoms with van der Waals surface area (Å²) in [4.78, 5) is 12.4. The van der Waals surface area contributed by atoms with Crippen LogP contribution in [0.1, 0.15) is 26.7 Å². The van der Waals surface area contributed by atoms with Gasteiger partial charge < -0.3 is 16.4 Å². The second-order valence-corrected chi connectivity index (χ2v) is 5.02. The Morgan fingerprint density at radius 2 is 2.07 bits per heavy atom. The quantitative estimate of drug-likeness (QED) is 0.701. The maximum Gasteiger partial charge on any atom is 0.314 e. The molecule has 1 heterocycles. The summed E-state index contributed by atoms with van der Waals surface area (Å²) in [6.07, 6.45) is 2.27. The highest BCUT2D eigenvalue weighted by Crippen LogP contribution is 2.27. The standard InChI is InChI=1S/C10H21N3O/c1-10(2,7-11)4-3-8-5-13(6-8)9(12)14/h8H,3-7,11H2,1-2H3,(H2,12,14). The number of carbonyl (C=O) groups excluding carboxylic acids is 1. The molecular weight excluding hydrogens is 178 g/mol. The molecule has 4 N–H and O–H groups in total. The average molecular weight is 199 g/mol. The molecule has 0 unspecified atom stereocenters. The Bertz CT molecular complexity index is 209. The van der Waals surface area contributed by atoms with E-state index in [-0.39, 0.29) is 11.4 Å². The Hall–Kier alpha value is -0.770. The molecule has 82 valence electrons. The van der Waals surface area contributed by atoms with E-state index in [2.05, 4.69) is 13.8 Å². The van der Waals surface area contributed by atoms with Crippen LogP contribution >= 0.6 is 0 Å². The normalized spacial score (nSPS) is 18.1. The van der Waals surface area contributed by atoms with Crippen LogP contribution in [0.15, 0.2) is 0 Å². The number of nitrogens with two attached hydrogens (primary N) is 2. The van der Waals surface area contributed by atoms with Gasteiger partial charge in [0.05, 0.1) is 0 Å². The molecule has 0 aromatic rings. The number of hydrogen-bond donors (Lipinski definition) is 2. The molecule has 4 heteroatoms. The number of primary amides is 1. The zero-order chi connectivity index (χ0) is 10.8. The van der Waals surface area contributed by atoms with Gasteiger partial charge in [0, 0.05) is 13.1 Å². The van der Waals surface area contributed by atoms with Crippen molar-refractivity contribution in [3.8, 4) is 0 Å². The van der Waals surface area contributed by atoms with E-state index in [9.17, 15) is 4.79 Å². The minimum Gasteiger partial charge on any atom is -0.351 e. The van der Waals surface area contributed by atoms with Crippen LogP contribution < -0.4 is 11.5 Å². The van der Waals surface area contributed by atoms with Crippen molar-refractivity contribution in [2.75, 3.05) is 19.6 Å². The third kappa shape index (κ3) is 2.87. The van der Waals surface area contributed by atoms with Crippen molar-refractivity contribution in [2.45, 2.75) is 26.7 Å². The summed E-state index contributed by atoms with van der Waals surface area (Å²) in [5, 5.41) is 0. The van der Waals surface area contributed by atoms with E-state index in [1.807, 2.05) is 0 Å². The van der Waals surface area contributed by atoms with Crippen molar-refractivity contribution >= 4 is 6.03 Å². The average Bonchev–Trinajstić information content (AvgIpc) is 2.00. The lowest BCUT2D eigenvalue weighted by Gasteiger charge is -2.39. The number of likely N-dealkylation sites (tertiary alicyclic amines) is 1. The number of amides is 2. The Kier molecular flexibility index (Phi) is 3.37. The third-order valence-electron chi connectivity index (χ3n) is 3.05. The second kappa shape index (κ2) is 4.17. The van der Waals surface area contributed by atoms with Crippen LogP contribution in [0.5, 0.6) is 0 Å². The van der Waals surface area contributed by atoms with Gasteiger partial charge in [-0.15, -0.1) is 0 Å². The minimum atomic E-state index is -0.292. The molecule has 14 heavy (non-hydrogen) atoms. The predicted octanol–water partition coefficient (Wildman–Crippen LogP) is 0.762. The monoisotopic (exact) mass is 199 g/mol. The molecule has 0 aromatic carbocycles. The highest BCUT2D eigenvalue weighted by molar-refractivity contribution is 5.72. The first-order valence-electron chi connectivity index (χ1n) is 5.19. The Morgan fingerprint density at radius 1 is 1.50 bits per heavy atom. The summed E-state index contributed by atoms with van der Waals surface area (Å²) >= 11 is 0. The summed E-state index contributed by atoms with van der Waals surface area (Å²) in [6.45, 7) is 6.74. The molecule has 1 aliphatic heterocycles. The van der Waals surface area contributed by atoms with Crippen LogP contribution in [0.3, 0.4) is 0 Å². The van der Waals surface area contributed by atoms with Gasteiger partial charge in [0.2, 0.25) is 0 Å². The number of hydrogen-bond acceptors (Lipinski definition) is 2. The highest BCUT2D eigenvalue weighted by atomic mass is 16.2. The Morgan fingerprint density at radius 3 is 2.50 bits per heavy atom. The number of urea groups is 1. The van der Waals surface area contributed by atoms with Gasteiger partial charge in [-0.3, -0.25) is 0 Å². The molecule has 0 atom stereocenters. The lowest BCUT2D eigenvalue weighted by atomic mass is 9.83. The number of nitrogens with zero attached hydrogens (tertiary/aromatic N) is 1. The van der Waals surface area contributed by atoms with Crippen LogP contribution in [-0.2, 0) is 0 Å². The van der Waals surface area contributed by atoms with E-state index in [0.29, 0.717) is 5.92 Å². The van der Waals surface area contributed by atoms with Crippen LogP contribution in [0.25, 0.3) is 0 Å². The van der Waals surface area contributed by atoms with Gasteiger partial charge in [-0.25, -0.2) is 4.79 Å². The van der Waals surface area contributed by atoms with E-state index in [0.717, 1.165) is 32.5 Å². The van der Waals surface area contributed by atoms with Gasteiger partial charge in [0.25, 0.3) is 0 Å². The molecule has 1 fully saturated rings. The smallest absolute Gasteiger partial charge is 0.314 e. The summed E-state index contributed by atoms with van der Waals surface area (Å²) in [6, 6.07) is -0.292. The van der Waals surface area contributed by atoms with Crippen molar-refractivity contribution in [1.82, 2.24) is 4.90 Å². The summed E-state index contributed by atoms with van der Waals surface area (Å²) in [5.74, 6) is 0.633. The van der Waals surface area contributed by atoms with Crippen LogP contribution in [0.4, 0.5) is 4.79 Å². The lowest BCUT2D eigenvalue weighted by Crippen LogP contribution is -2.52. The lowest BCUT2D eigenvalue weighted by molar-refractivity contribution is 0.113. The summed E-state index contributed by atoms with van der Waals surface area (Å²) in [7, 11) is 0. The molecular formula is C10H21N3O. The van der Waals surface area contributed by atoms with Gasteiger partial charge >= 0.3 is 6.03 Å². The highest BCUT2D eigenvalue weighted by Gasteiger charge is 2.30. The van der Waals surface area contributed by atoms with Gasteiger partial charge in [0.15, 0.2) is 0 Å². The first-order valence-corrected chi connectivity index (χ1v) is 5.19. The second-order valence-electron chi connectivity index (χ2n) is 5.02. The molecule has 0 aromatic heterocycles. The van der Waals surface area contributed by atoms with Crippen LogP contribution in [0, 0.1) is 11.3 Å². The summed E-state index contributed by atoms with van der Waals surface area (Å²) < 4.78 is 0. The fraction of sp³-hybridized carbons (Fsp3) is 0.900. The molecule has 0 saturated carbocycles. The maximum absolute atomic E-state index is 10.7. The largest absolute Gasteiger partial charge is 0.351 e. The molecule has 1 saturated heterocycles. The maximum atomic E-state index is 10.7. The third-order valence-corrected chi connectivity index (χ3v) is 3.05. The van der Waals surface area contributed by atoms with Gasteiger partial charge in [-0.2, -0.15) is 0 Å². The molecule has 1 aliphatic rings. The van der Waals surface area contributed by atoms with Crippen molar-refractivity contribution in [1.29, 1.82) is 0 Å². The topological polar surface area (TPSA) is 72.3 Å². The van der Waals surface area contributed by atoms with Crippen molar-refractivity contribution < 1.29 is 4.79 Å². The fourth-order valence-electron chi connectivity index (χ4n) is 1.63. The Labute approximate surface area is 85.6 Å². The molecule has 1 rings (SSSR count). The molecule has 0 bridgehead atoms. The van der Waals surface area contributed by atoms with Crippen LogP contribution in [0.2, 0.25) is 0 Å². The molecule has 0 spiro atoms. The number of rotatable bonds is 4. The van der Waals surface area contributed by atoms with Gasteiger partial charge in [0.1, 0.15) is 0 Å². The van der Waals surface area contributed by atoms with Crippen molar-refractivity contribution in [3.63, 3.8) is 0 Å². The van der Waals surface area contributed by atoms with E-state index in [1.165, 1.54) is 0 Å². The summed E-state index contributed by atoms with van der Waals surface area (Å²) in [5.41, 5.74) is 11.0. The van der Waals surface area contributed by atoms with E-state index in [1.54, 1.807) is 4.90 Å². The van der Waals surface area contributed by atoms with Crippen molar-refractivity contribution in [2.24, 2.45) is 22.8 Å². The van der Waals surface area contributed by atoms with E-state index < -0.39 is 0 Å². The SMILES string of the molecule is CC(C)(CN)CCC1CN(C(N)=O)C1. The van der Waals surface area contributed by atoms with Crippen molar-refractivity contribution in [3.05, 3.63) is 0 Å². The molecule has 2 amide bonds. The van der Waals surface area contributed by atoms with Gasteiger partial charge in [-0.1, -0.05) is 13.8 Å². The number of carbonyl (C=O) groups is 1. The van der Waals surface area contributed by atoms with E-state index in [4.69, 9.17) is 11.5 Å². The molecule has 0 radical (unpaired) electrons. The fourth-order valence-corrected chi connectivity index (χ4v) is 1.63.